The van der Waals surface area contributed by atoms with Crippen LogP contribution in [0.25, 0.3) is 0 Å². The molecule has 2 heteroatoms. The molecule has 96 valence electrons. The zero-order chi connectivity index (χ0) is 12.0. The normalized spacial score (nSPS) is 22.3. The Kier molecular flexibility index (Phi) is 5.77. The number of aliphatic hydroxyl groups is 1. The first-order valence-electron chi connectivity index (χ1n) is 6.98. The van der Waals surface area contributed by atoms with E-state index in [4.69, 9.17) is 0 Å². The maximum Gasteiger partial charge on any atom is 0.0771 e. The van der Waals surface area contributed by atoms with Crippen molar-refractivity contribution in [3.05, 3.63) is 0 Å². The molecule has 0 aliphatic heterocycles. The topological polar surface area (TPSA) is 32.3 Å². The lowest BCUT2D eigenvalue weighted by molar-refractivity contribution is 0.00277. The zero-order valence-corrected chi connectivity index (χ0v) is 11.3. The van der Waals surface area contributed by atoms with Crippen LogP contribution in [0.5, 0.6) is 0 Å². The Bertz CT molecular complexity index is 185. The Morgan fingerprint density at radius 2 is 1.69 bits per heavy atom. The van der Waals surface area contributed by atoms with E-state index in [1.54, 1.807) is 0 Å². The van der Waals surface area contributed by atoms with Crippen LogP contribution >= 0.6 is 0 Å². The second-order valence-corrected chi connectivity index (χ2v) is 6.04. The SMILES string of the molecule is CC(C)CCC(C)NCC1(O)CCCCC1. The second-order valence-electron chi connectivity index (χ2n) is 6.04. The van der Waals surface area contributed by atoms with E-state index in [0.29, 0.717) is 6.04 Å². The lowest BCUT2D eigenvalue weighted by Crippen LogP contribution is -2.45. The van der Waals surface area contributed by atoms with Gasteiger partial charge in [0.25, 0.3) is 0 Å². The summed E-state index contributed by atoms with van der Waals surface area (Å²) in [4.78, 5) is 0. The van der Waals surface area contributed by atoms with Gasteiger partial charge in [0.05, 0.1) is 5.60 Å². The Morgan fingerprint density at radius 3 is 2.25 bits per heavy atom. The summed E-state index contributed by atoms with van der Waals surface area (Å²) in [5.74, 6) is 0.780. The molecule has 1 saturated carbocycles. The standard InChI is InChI=1S/C14H29NO/c1-12(2)7-8-13(3)15-11-14(16)9-5-4-6-10-14/h12-13,15-16H,4-11H2,1-3H3. The molecule has 0 saturated heterocycles. The minimum Gasteiger partial charge on any atom is -0.389 e. The van der Waals surface area contributed by atoms with Gasteiger partial charge in [0.15, 0.2) is 0 Å². The van der Waals surface area contributed by atoms with Crippen LogP contribution < -0.4 is 5.32 Å². The summed E-state index contributed by atoms with van der Waals surface area (Å²) < 4.78 is 0. The lowest BCUT2D eigenvalue weighted by Gasteiger charge is -2.33. The largest absolute Gasteiger partial charge is 0.389 e. The molecule has 1 rings (SSSR count). The maximum absolute atomic E-state index is 10.3. The predicted molar refractivity (Wildman–Crippen MR) is 69.6 cm³/mol. The van der Waals surface area contributed by atoms with Gasteiger partial charge in [-0.1, -0.05) is 33.1 Å². The highest BCUT2D eigenvalue weighted by Crippen LogP contribution is 2.27. The van der Waals surface area contributed by atoms with E-state index in [0.717, 1.165) is 25.3 Å². The highest BCUT2D eigenvalue weighted by Gasteiger charge is 2.28. The Balaban J connectivity index is 2.17. The summed E-state index contributed by atoms with van der Waals surface area (Å²) in [5, 5.41) is 13.8. The molecular formula is C14H29NO. The summed E-state index contributed by atoms with van der Waals surface area (Å²) in [6.45, 7) is 7.55. The molecule has 0 heterocycles. The van der Waals surface area contributed by atoms with Gasteiger partial charge < -0.3 is 10.4 Å². The van der Waals surface area contributed by atoms with Gasteiger partial charge in [0, 0.05) is 12.6 Å². The molecule has 1 atom stereocenters. The molecule has 1 unspecified atom stereocenters. The molecule has 0 aromatic rings. The first kappa shape index (κ1) is 14.0. The van der Waals surface area contributed by atoms with Crippen molar-refractivity contribution in [1.82, 2.24) is 5.32 Å². The molecule has 16 heavy (non-hydrogen) atoms. The molecule has 1 aliphatic rings. The summed E-state index contributed by atoms with van der Waals surface area (Å²) >= 11 is 0. The molecule has 2 nitrogen and oxygen atoms in total. The van der Waals surface area contributed by atoms with Gasteiger partial charge in [-0.25, -0.2) is 0 Å². The third-order valence-electron chi connectivity index (χ3n) is 3.74. The highest BCUT2D eigenvalue weighted by atomic mass is 16.3. The first-order chi connectivity index (χ1) is 7.52. The van der Waals surface area contributed by atoms with E-state index >= 15 is 0 Å². The van der Waals surface area contributed by atoms with Gasteiger partial charge in [-0.2, -0.15) is 0 Å². The number of nitrogens with one attached hydrogen (secondary N) is 1. The summed E-state index contributed by atoms with van der Waals surface area (Å²) in [6, 6.07) is 0.536. The molecule has 0 bridgehead atoms. The molecule has 1 aliphatic carbocycles. The van der Waals surface area contributed by atoms with Crippen molar-refractivity contribution in [3.63, 3.8) is 0 Å². The van der Waals surface area contributed by atoms with Crippen LogP contribution in [0.2, 0.25) is 0 Å². The quantitative estimate of drug-likeness (QED) is 0.731. The summed E-state index contributed by atoms with van der Waals surface area (Å²) in [5.41, 5.74) is -0.412. The molecule has 0 amide bonds. The van der Waals surface area contributed by atoms with Crippen LogP contribution in [-0.4, -0.2) is 23.3 Å². The van der Waals surface area contributed by atoms with Crippen LogP contribution in [0.3, 0.4) is 0 Å². The molecule has 0 spiro atoms. The van der Waals surface area contributed by atoms with Gasteiger partial charge in [0.1, 0.15) is 0 Å². The maximum atomic E-state index is 10.3. The van der Waals surface area contributed by atoms with Crippen molar-refractivity contribution in [3.8, 4) is 0 Å². The van der Waals surface area contributed by atoms with Crippen molar-refractivity contribution in [2.45, 2.75) is 77.4 Å². The van der Waals surface area contributed by atoms with E-state index in [2.05, 4.69) is 26.1 Å². The minimum absolute atomic E-state index is 0.412. The smallest absolute Gasteiger partial charge is 0.0771 e. The van der Waals surface area contributed by atoms with Gasteiger partial charge in [0.2, 0.25) is 0 Å². The lowest BCUT2D eigenvalue weighted by atomic mass is 9.84. The van der Waals surface area contributed by atoms with Crippen molar-refractivity contribution < 1.29 is 5.11 Å². The third kappa shape index (κ3) is 5.31. The van der Waals surface area contributed by atoms with Crippen LogP contribution in [0.4, 0.5) is 0 Å². The molecule has 0 radical (unpaired) electrons. The number of rotatable bonds is 6. The van der Waals surface area contributed by atoms with E-state index in [1.807, 2.05) is 0 Å². The third-order valence-corrected chi connectivity index (χ3v) is 3.74. The minimum atomic E-state index is -0.412. The molecular weight excluding hydrogens is 198 g/mol. The Labute approximate surface area is 101 Å². The van der Waals surface area contributed by atoms with E-state index < -0.39 is 5.60 Å². The Hall–Kier alpha value is -0.0800. The molecule has 1 fully saturated rings. The number of hydrogen-bond donors (Lipinski definition) is 2. The Morgan fingerprint density at radius 1 is 1.06 bits per heavy atom. The average Bonchev–Trinajstić information content (AvgIpc) is 2.25. The predicted octanol–water partition coefficient (Wildman–Crippen LogP) is 3.10. The fourth-order valence-electron chi connectivity index (χ4n) is 2.44. The van der Waals surface area contributed by atoms with Crippen molar-refractivity contribution in [2.24, 2.45) is 5.92 Å². The summed E-state index contributed by atoms with van der Waals surface area (Å²) in [6.07, 6.45) is 8.14. The first-order valence-corrected chi connectivity index (χ1v) is 6.98. The fraction of sp³-hybridized carbons (Fsp3) is 1.00. The van der Waals surface area contributed by atoms with Crippen molar-refractivity contribution in [2.75, 3.05) is 6.54 Å². The molecule has 0 aromatic carbocycles. The average molecular weight is 227 g/mol. The molecule has 2 N–H and O–H groups in total. The second kappa shape index (κ2) is 6.61. The van der Waals surface area contributed by atoms with Gasteiger partial charge in [-0.15, -0.1) is 0 Å². The molecule has 0 aromatic heterocycles. The zero-order valence-electron chi connectivity index (χ0n) is 11.3. The highest BCUT2D eigenvalue weighted by molar-refractivity contribution is 4.85. The van der Waals surface area contributed by atoms with Crippen LogP contribution in [0, 0.1) is 5.92 Å². The van der Waals surface area contributed by atoms with Gasteiger partial charge in [-0.3, -0.25) is 0 Å². The summed E-state index contributed by atoms with van der Waals surface area (Å²) in [7, 11) is 0. The monoisotopic (exact) mass is 227 g/mol. The fourth-order valence-corrected chi connectivity index (χ4v) is 2.44. The van der Waals surface area contributed by atoms with Crippen molar-refractivity contribution >= 4 is 0 Å². The van der Waals surface area contributed by atoms with E-state index in [1.165, 1.54) is 32.1 Å². The number of hydrogen-bond acceptors (Lipinski definition) is 2. The van der Waals surface area contributed by atoms with E-state index in [-0.39, 0.29) is 0 Å². The van der Waals surface area contributed by atoms with Crippen molar-refractivity contribution in [1.29, 1.82) is 0 Å². The van der Waals surface area contributed by atoms with Crippen LogP contribution in [-0.2, 0) is 0 Å². The van der Waals surface area contributed by atoms with Gasteiger partial charge >= 0.3 is 0 Å². The van der Waals surface area contributed by atoms with Crippen LogP contribution in [0.1, 0.15) is 65.7 Å². The van der Waals surface area contributed by atoms with Gasteiger partial charge in [-0.05, 0) is 38.5 Å². The van der Waals surface area contributed by atoms with Crippen LogP contribution in [0.15, 0.2) is 0 Å². The van der Waals surface area contributed by atoms with E-state index in [9.17, 15) is 5.11 Å².